The second kappa shape index (κ2) is 11.7. The molecule has 1 aliphatic carbocycles. The number of hydrogen-bond donors (Lipinski definition) is 3. The Morgan fingerprint density at radius 3 is 1.02 bits per heavy atom. The molecule has 0 saturated heterocycles. The van der Waals surface area contributed by atoms with Gasteiger partial charge in [0.05, 0.1) is 0 Å². The van der Waals surface area contributed by atoms with Gasteiger partial charge in [-0.15, -0.1) is 0 Å². The number of aromatic amines is 3. The van der Waals surface area contributed by atoms with E-state index in [1.54, 1.807) is 11.1 Å². The van der Waals surface area contributed by atoms with Gasteiger partial charge in [-0.3, -0.25) is 0 Å². The molecule has 0 radical (unpaired) electrons. The van der Waals surface area contributed by atoms with Gasteiger partial charge in [0.15, 0.2) is 0 Å². The van der Waals surface area contributed by atoms with E-state index in [-0.39, 0.29) is 0 Å². The lowest BCUT2D eigenvalue weighted by Crippen LogP contribution is -2.13. The van der Waals surface area contributed by atoms with Crippen molar-refractivity contribution in [2.75, 3.05) is 0 Å². The van der Waals surface area contributed by atoms with Gasteiger partial charge < -0.3 is 15.0 Å². The molecule has 4 heterocycles. The molecule has 1 aliphatic heterocycles. The van der Waals surface area contributed by atoms with Gasteiger partial charge in [0.2, 0.25) is 0 Å². The number of hydrogen-bond acceptors (Lipinski definition) is 0. The van der Waals surface area contributed by atoms with Gasteiger partial charge in [0.25, 0.3) is 0 Å². The smallest absolute Gasteiger partial charge is 0.0441 e. The van der Waals surface area contributed by atoms with Crippen LogP contribution in [0.4, 0.5) is 0 Å². The summed E-state index contributed by atoms with van der Waals surface area (Å²) in [6, 6.07) is 0. The zero-order chi connectivity index (χ0) is 28.6. The topological polar surface area (TPSA) is 47.4 Å². The molecule has 0 aromatic carbocycles. The van der Waals surface area contributed by atoms with E-state index in [1.807, 2.05) is 0 Å². The van der Waals surface area contributed by atoms with Gasteiger partial charge in [-0.2, -0.15) is 0 Å². The summed E-state index contributed by atoms with van der Waals surface area (Å²) in [7, 11) is 0. The molecule has 2 aliphatic rings. The van der Waals surface area contributed by atoms with Crippen molar-refractivity contribution in [1.29, 1.82) is 0 Å². The molecule has 0 spiro atoms. The average molecular weight is 536 g/mol. The fraction of sp³-hybridized carbons (Fsp3) is 0.459. The van der Waals surface area contributed by atoms with Crippen molar-refractivity contribution in [3.63, 3.8) is 0 Å². The molecular formula is C37H49N3. The zero-order valence-corrected chi connectivity index (χ0v) is 26.2. The molecule has 3 aromatic heterocycles. The van der Waals surface area contributed by atoms with Crippen LogP contribution in [0.1, 0.15) is 119 Å². The Balaban J connectivity index is 1.96. The largest absolute Gasteiger partial charge is 0.355 e. The Morgan fingerprint density at radius 1 is 0.400 bits per heavy atom. The summed E-state index contributed by atoms with van der Waals surface area (Å²) in [5.74, 6) is 0. The third-order valence-corrected chi connectivity index (χ3v) is 9.41. The summed E-state index contributed by atoms with van der Waals surface area (Å²) in [5.41, 5.74) is 17.3. The molecule has 0 fully saturated rings. The minimum atomic E-state index is 1.01. The normalized spacial score (nSPS) is 14.8. The van der Waals surface area contributed by atoms with Gasteiger partial charge >= 0.3 is 0 Å². The molecule has 3 nitrogen and oxygen atoms in total. The first-order valence-corrected chi connectivity index (χ1v) is 16.0. The van der Waals surface area contributed by atoms with Crippen LogP contribution in [0.15, 0.2) is 22.3 Å². The highest BCUT2D eigenvalue weighted by Gasteiger charge is 2.21. The predicted octanol–water partition coefficient (Wildman–Crippen LogP) is 6.09. The fourth-order valence-electron chi connectivity index (χ4n) is 7.63. The summed E-state index contributed by atoms with van der Waals surface area (Å²) < 4.78 is 0. The van der Waals surface area contributed by atoms with Crippen molar-refractivity contribution in [3.05, 3.63) is 88.5 Å². The van der Waals surface area contributed by atoms with Crippen LogP contribution < -0.4 is 21.4 Å². The van der Waals surface area contributed by atoms with Crippen LogP contribution in [0.2, 0.25) is 0 Å². The van der Waals surface area contributed by atoms with Gasteiger partial charge in [-0.1, -0.05) is 55.4 Å². The van der Waals surface area contributed by atoms with Crippen molar-refractivity contribution < 1.29 is 0 Å². The number of allylic oxidation sites excluding steroid dienone is 4. The summed E-state index contributed by atoms with van der Waals surface area (Å²) in [4.78, 5) is 11.7. The van der Waals surface area contributed by atoms with Crippen LogP contribution in [0.3, 0.4) is 0 Å². The number of nitrogens with one attached hydrogen (secondary N) is 3. The maximum atomic E-state index is 3.91. The molecule has 0 atom stereocenters. The lowest BCUT2D eigenvalue weighted by atomic mass is 9.99. The van der Waals surface area contributed by atoms with Crippen molar-refractivity contribution >= 4 is 24.3 Å². The molecule has 5 rings (SSSR count). The Morgan fingerprint density at radius 2 is 0.725 bits per heavy atom. The number of aromatic nitrogens is 3. The first-order chi connectivity index (χ1) is 19.5. The van der Waals surface area contributed by atoms with Gasteiger partial charge in [0.1, 0.15) is 0 Å². The average Bonchev–Trinajstić information content (AvgIpc) is 3.67. The molecule has 8 bridgehead atoms. The van der Waals surface area contributed by atoms with Crippen molar-refractivity contribution in [2.24, 2.45) is 0 Å². The van der Waals surface area contributed by atoms with Gasteiger partial charge in [-0.05, 0) is 138 Å². The molecule has 0 unspecified atom stereocenters. The second-order valence-electron chi connectivity index (χ2n) is 11.3. The Hall–Kier alpha value is -3.20. The number of H-pyrrole nitrogens is 3. The van der Waals surface area contributed by atoms with E-state index in [0.29, 0.717) is 0 Å². The van der Waals surface area contributed by atoms with Gasteiger partial charge in [0, 0.05) is 32.8 Å². The quantitative estimate of drug-likeness (QED) is 0.312. The first kappa shape index (κ1) is 28.3. The first-order valence-electron chi connectivity index (χ1n) is 16.0. The number of fused-ring (bicyclic) bond motifs is 8. The summed E-state index contributed by atoms with van der Waals surface area (Å²) in [6.07, 6.45) is 19.1. The molecule has 0 saturated carbocycles. The van der Waals surface area contributed by atoms with Crippen molar-refractivity contribution in [2.45, 2.75) is 113 Å². The lowest BCUT2D eigenvalue weighted by Gasteiger charge is -2.06. The highest BCUT2D eigenvalue weighted by molar-refractivity contribution is 5.70. The van der Waals surface area contributed by atoms with E-state index in [2.05, 4.69) is 94.6 Å². The Bertz CT molecular complexity index is 1610. The van der Waals surface area contributed by atoms with Crippen LogP contribution in [-0.2, 0) is 38.5 Å². The van der Waals surface area contributed by atoms with Gasteiger partial charge in [-0.25, -0.2) is 0 Å². The van der Waals surface area contributed by atoms with Crippen LogP contribution in [-0.4, -0.2) is 15.0 Å². The SMILES string of the molecule is CCC1=C2C=c3[nH]c(c(CC)c3CC)=Cc3[nH]c(c(CC)c3CC)C=c3[nH]c(c(CC)c3CC)=CC(=C1CC)C2. The predicted molar refractivity (Wildman–Crippen MR) is 172 cm³/mol. The third-order valence-electron chi connectivity index (χ3n) is 9.41. The molecular weight excluding hydrogens is 486 g/mol. The maximum Gasteiger partial charge on any atom is 0.0441 e. The highest BCUT2D eigenvalue weighted by atomic mass is 14.8. The molecule has 0 amide bonds. The standard InChI is InChI=1S/C37H49N3/c1-9-24-22-17-23(25(24)10-2)19-33-27(12-4)29(14-6)35(39-33)21-37-31(16-8)30(15-7)36(40-37)20-34-28(13-5)26(11-3)32(18-22)38-34/h18-21,38-40H,9-17H2,1-8H3. The van der Waals surface area contributed by atoms with Crippen molar-refractivity contribution in [1.82, 2.24) is 15.0 Å². The lowest BCUT2D eigenvalue weighted by molar-refractivity contribution is 1.02. The Labute approximate surface area is 240 Å². The second-order valence-corrected chi connectivity index (χ2v) is 11.3. The highest BCUT2D eigenvalue weighted by Crippen LogP contribution is 2.37. The van der Waals surface area contributed by atoms with E-state index >= 15 is 0 Å². The van der Waals surface area contributed by atoms with Crippen LogP contribution in [0.5, 0.6) is 0 Å². The molecule has 3 N–H and O–H groups in total. The minimum Gasteiger partial charge on any atom is -0.355 e. The van der Waals surface area contributed by atoms with E-state index < -0.39 is 0 Å². The fourth-order valence-corrected chi connectivity index (χ4v) is 7.63. The molecule has 40 heavy (non-hydrogen) atoms. The van der Waals surface area contributed by atoms with Crippen molar-refractivity contribution in [3.8, 4) is 0 Å². The van der Waals surface area contributed by atoms with Crippen LogP contribution in [0.25, 0.3) is 24.3 Å². The Kier molecular flexibility index (Phi) is 8.31. The molecule has 212 valence electrons. The van der Waals surface area contributed by atoms with E-state index in [4.69, 9.17) is 0 Å². The maximum absolute atomic E-state index is 3.91. The summed E-state index contributed by atoms with van der Waals surface area (Å²) in [5, 5.41) is 5.12. The van der Waals surface area contributed by atoms with Crippen LogP contribution in [0, 0.1) is 0 Å². The number of rotatable bonds is 8. The van der Waals surface area contributed by atoms with E-state index in [1.165, 1.54) is 77.3 Å². The zero-order valence-electron chi connectivity index (χ0n) is 26.2. The summed E-state index contributed by atoms with van der Waals surface area (Å²) in [6.45, 7) is 18.4. The van der Waals surface area contributed by atoms with E-state index in [9.17, 15) is 0 Å². The summed E-state index contributed by atoms with van der Waals surface area (Å²) >= 11 is 0. The third kappa shape index (κ3) is 4.62. The van der Waals surface area contributed by atoms with E-state index in [0.717, 1.165) is 57.8 Å². The molecule has 3 heteroatoms. The monoisotopic (exact) mass is 535 g/mol. The minimum absolute atomic E-state index is 1.01. The van der Waals surface area contributed by atoms with Crippen LogP contribution >= 0.6 is 0 Å². The molecule has 3 aromatic rings.